The number of carboxylic acids is 1. The molecule has 2 heterocycles. The van der Waals surface area contributed by atoms with Crippen LogP contribution in [0.3, 0.4) is 0 Å². The number of urea groups is 1. The van der Waals surface area contributed by atoms with Gasteiger partial charge in [-0.1, -0.05) is 6.07 Å². The van der Waals surface area contributed by atoms with Crippen LogP contribution in [0.5, 0.6) is 0 Å². The van der Waals surface area contributed by atoms with Crippen LogP contribution in [0, 0.1) is 0 Å². The number of rotatable bonds is 5. The average molecular weight is 292 g/mol. The van der Waals surface area contributed by atoms with Gasteiger partial charge in [-0.25, -0.2) is 4.79 Å². The first-order valence-electron chi connectivity index (χ1n) is 7.02. The molecule has 21 heavy (non-hydrogen) atoms. The van der Waals surface area contributed by atoms with E-state index >= 15 is 0 Å². The molecule has 1 aromatic heterocycles. The molecule has 1 saturated heterocycles. The molecule has 1 aliphatic heterocycles. The van der Waals surface area contributed by atoms with Gasteiger partial charge in [0.2, 0.25) is 0 Å². The van der Waals surface area contributed by atoms with E-state index in [4.69, 9.17) is 5.11 Å². The van der Waals surface area contributed by atoms with E-state index in [9.17, 15) is 9.59 Å². The molecule has 0 radical (unpaired) electrons. The van der Waals surface area contributed by atoms with Crippen LogP contribution in [-0.4, -0.2) is 64.6 Å². The summed E-state index contributed by atoms with van der Waals surface area (Å²) in [5.41, 5.74) is 0.825. The number of hydrogen-bond donors (Lipinski definition) is 2. The second-order valence-electron chi connectivity index (χ2n) is 4.95. The Kier molecular flexibility index (Phi) is 5.51. The van der Waals surface area contributed by atoms with Gasteiger partial charge >= 0.3 is 12.0 Å². The molecule has 1 aromatic rings. The summed E-state index contributed by atoms with van der Waals surface area (Å²) >= 11 is 0. The molecule has 2 N–H and O–H groups in total. The lowest BCUT2D eigenvalue weighted by molar-refractivity contribution is -0.137. The number of carboxylic acid groups (broad SMARTS) is 1. The third-order valence-corrected chi connectivity index (χ3v) is 3.45. The molecule has 1 fully saturated rings. The minimum Gasteiger partial charge on any atom is -0.481 e. The summed E-state index contributed by atoms with van der Waals surface area (Å²) in [6, 6.07) is 5.49. The zero-order chi connectivity index (χ0) is 15.1. The number of carbonyl (C=O) groups is 2. The molecule has 0 aliphatic carbocycles. The number of aromatic nitrogens is 1. The zero-order valence-electron chi connectivity index (χ0n) is 11.9. The van der Waals surface area contributed by atoms with Crippen molar-refractivity contribution in [2.24, 2.45) is 0 Å². The van der Waals surface area contributed by atoms with Gasteiger partial charge < -0.3 is 15.3 Å². The maximum atomic E-state index is 12.0. The standard InChI is InChI=1S/C14H20N4O3/c19-13(20)4-6-17-7-9-18(10-8-17)14(21)16-11-12-3-1-2-5-15-12/h1-3,5H,4,6-11H2,(H,16,21)(H,19,20). The van der Waals surface area contributed by atoms with E-state index in [-0.39, 0.29) is 12.5 Å². The highest BCUT2D eigenvalue weighted by atomic mass is 16.4. The molecule has 0 aromatic carbocycles. The van der Waals surface area contributed by atoms with Crippen molar-refractivity contribution in [2.75, 3.05) is 32.7 Å². The van der Waals surface area contributed by atoms with Crippen molar-refractivity contribution >= 4 is 12.0 Å². The Hall–Kier alpha value is -2.15. The molecule has 1 aliphatic rings. The summed E-state index contributed by atoms with van der Waals surface area (Å²) in [6.45, 7) is 3.62. The fourth-order valence-corrected chi connectivity index (χ4v) is 2.21. The second-order valence-corrected chi connectivity index (χ2v) is 4.95. The molecule has 0 bridgehead atoms. The lowest BCUT2D eigenvalue weighted by atomic mass is 10.3. The monoisotopic (exact) mass is 292 g/mol. The maximum absolute atomic E-state index is 12.0. The van der Waals surface area contributed by atoms with Crippen LogP contribution in [0.2, 0.25) is 0 Å². The fourth-order valence-electron chi connectivity index (χ4n) is 2.21. The number of carbonyl (C=O) groups excluding carboxylic acids is 1. The number of pyridine rings is 1. The van der Waals surface area contributed by atoms with Crippen LogP contribution in [0.1, 0.15) is 12.1 Å². The van der Waals surface area contributed by atoms with Crippen molar-refractivity contribution in [2.45, 2.75) is 13.0 Å². The lowest BCUT2D eigenvalue weighted by Gasteiger charge is -2.34. The molecule has 2 amide bonds. The van der Waals surface area contributed by atoms with Gasteiger partial charge in [0.05, 0.1) is 18.7 Å². The maximum Gasteiger partial charge on any atom is 0.317 e. The van der Waals surface area contributed by atoms with Crippen LogP contribution in [0.15, 0.2) is 24.4 Å². The van der Waals surface area contributed by atoms with Crippen molar-refractivity contribution in [3.05, 3.63) is 30.1 Å². The Bertz CT molecular complexity index is 472. The molecule has 0 atom stereocenters. The minimum atomic E-state index is -0.787. The van der Waals surface area contributed by atoms with Gasteiger partial charge in [-0.3, -0.25) is 14.7 Å². The number of hydrogen-bond acceptors (Lipinski definition) is 4. The first-order valence-corrected chi connectivity index (χ1v) is 7.02. The lowest BCUT2D eigenvalue weighted by Crippen LogP contribution is -2.51. The van der Waals surface area contributed by atoms with Crippen molar-refractivity contribution in [3.8, 4) is 0 Å². The summed E-state index contributed by atoms with van der Waals surface area (Å²) < 4.78 is 0. The molecule has 0 spiro atoms. The van der Waals surface area contributed by atoms with Gasteiger partial charge in [-0.2, -0.15) is 0 Å². The summed E-state index contributed by atoms with van der Waals surface area (Å²) in [7, 11) is 0. The van der Waals surface area contributed by atoms with Crippen LogP contribution in [0.25, 0.3) is 0 Å². The molecule has 0 unspecified atom stereocenters. The number of nitrogens with one attached hydrogen (secondary N) is 1. The van der Waals surface area contributed by atoms with Crippen molar-refractivity contribution in [1.29, 1.82) is 0 Å². The molecule has 2 rings (SSSR count). The Morgan fingerprint density at radius 1 is 1.24 bits per heavy atom. The highest BCUT2D eigenvalue weighted by Gasteiger charge is 2.21. The second kappa shape index (κ2) is 7.58. The number of amides is 2. The van der Waals surface area contributed by atoms with E-state index in [0.717, 1.165) is 5.69 Å². The van der Waals surface area contributed by atoms with Crippen molar-refractivity contribution in [1.82, 2.24) is 20.1 Å². The highest BCUT2D eigenvalue weighted by Crippen LogP contribution is 2.03. The minimum absolute atomic E-state index is 0.0986. The van der Waals surface area contributed by atoms with Crippen LogP contribution < -0.4 is 5.32 Å². The molecule has 0 saturated carbocycles. The Labute approximate surface area is 123 Å². The number of aliphatic carboxylic acids is 1. The molecule has 114 valence electrons. The van der Waals surface area contributed by atoms with E-state index in [1.54, 1.807) is 11.1 Å². The summed E-state index contributed by atoms with van der Waals surface area (Å²) in [4.78, 5) is 30.5. The summed E-state index contributed by atoms with van der Waals surface area (Å²) in [5, 5.41) is 11.5. The molecule has 7 heteroatoms. The third-order valence-electron chi connectivity index (χ3n) is 3.45. The molecule has 7 nitrogen and oxygen atoms in total. The predicted octanol–water partition coefficient (Wildman–Crippen LogP) is 0.384. The SMILES string of the molecule is O=C(O)CCN1CCN(C(=O)NCc2ccccn2)CC1. The highest BCUT2D eigenvalue weighted by molar-refractivity contribution is 5.74. The van der Waals surface area contributed by atoms with E-state index in [0.29, 0.717) is 39.3 Å². The van der Waals surface area contributed by atoms with Gasteiger partial charge in [-0.15, -0.1) is 0 Å². The van der Waals surface area contributed by atoms with E-state index in [2.05, 4.69) is 15.2 Å². The van der Waals surface area contributed by atoms with E-state index in [1.165, 1.54) is 0 Å². The van der Waals surface area contributed by atoms with Gasteiger partial charge in [0.25, 0.3) is 0 Å². The summed E-state index contributed by atoms with van der Waals surface area (Å²) in [6.07, 6.45) is 1.84. The van der Waals surface area contributed by atoms with Gasteiger partial charge in [0.1, 0.15) is 0 Å². The predicted molar refractivity (Wildman–Crippen MR) is 76.7 cm³/mol. The van der Waals surface area contributed by atoms with Gasteiger partial charge in [0.15, 0.2) is 0 Å². The summed E-state index contributed by atoms with van der Waals surface area (Å²) in [5.74, 6) is -0.787. The smallest absolute Gasteiger partial charge is 0.317 e. The average Bonchev–Trinajstić information content (AvgIpc) is 2.52. The molecular weight excluding hydrogens is 272 g/mol. The largest absolute Gasteiger partial charge is 0.481 e. The fraction of sp³-hybridized carbons (Fsp3) is 0.500. The first kappa shape index (κ1) is 15.2. The Balaban J connectivity index is 1.69. The van der Waals surface area contributed by atoms with Gasteiger partial charge in [0, 0.05) is 38.9 Å². The van der Waals surface area contributed by atoms with E-state index in [1.807, 2.05) is 18.2 Å². The van der Waals surface area contributed by atoms with Gasteiger partial charge in [-0.05, 0) is 12.1 Å². The molecular formula is C14H20N4O3. The van der Waals surface area contributed by atoms with Crippen LogP contribution in [-0.2, 0) is 11.3 Å². The Morgan fingerprint density at radius 3 is 2.62 bits per heavy atom. The normalized spacial score (nSPS) is 15.7. The Morgan fingerprint density at radius 2 is 2.00 bits per heavy atom. The van der Waals surface area contributed by atoms with Crippen molar-refractivity contribution < 1.29 is 14.7 Å². The zero-order valence-corrected chi connectivity index (χ0v) is 11.9. The quantitative estimate of drug-likeness (QED) is 0.819. The van der Waals surface area contributed by atoms with Crippen LogP contribution >= 0.6 is 0 Å². The number of piperazine rings is 1. The van der Waals surface area contributed by atoms with E-state index < -0.39 is 5.97 Å². The number of nitrogens with zero attached hydrogens (tertiary/aromatic N) is 3. The first-order chi connectivity index (χ1) is 10.1. The third kappa shape index (κ3) is 5.03. The van der Waals surface area contributed by atoms with Crippen LogP contribution in [0.4, 0.5) is 4.79 Å². The topological polar surface area (TPSA) is 85.8 Å². The van der Waals surface area contributed by atoms with Crippen molar-refractivity contribution in [3.63, 3.8) is 0 Å².